The van der Waals surface area contributed by atoms with Crippen molar-refractivity contribution in [3.05, 3.63) is 23.8 Å². The zero-order valence-electron chi connectivity index (χ0n) is 9.79. The Bertz CT molecular complexity index is 581. The summed E-state index contributed by atoms with van der Waals surface area (Å²) in [7, 11) is -1.96. The molecule has 1 heterocycles. The van der Waals surface area contributed by atoms with Crippen molar-refractivity contribution < 1.29 is 23.1 Å². The summed E-state index contributed by atoms with van der Waals surface area (Å²) in [6.07, 6.45) is 0.499. The molecule has 0 unspecified atom stereocenters. The molecule has 1 aromatic rings. The summed E-state index contributed by atoms with van der Waals surface area (Å²) in [6, 6.07) is 4.28. The van der Waals surface area contributed by atoms with Crippen LogP contribution in [0.25, 0.3) is 0 Å². The number of carboxylic acid groups (broad SMARTS) is 1. The van der Waals surface area contributed by atoms with E-state index in [1.54, 1.807) is 0 Å². The maximum Gasteiger partial charge on any atom is 0.337 e. The molecule has 6 nitrogen and oxygen atoms in total. The van der Waals surface area contributed by atoms with Crippen molar-refractivity contribution in [2.45, 2.75) is 6.42 Å². The fraction of sp³-hybridized carbons (Fsp3) is 0.364. The summed E-state index contributed by atoms with van der Waals surface area (Å²) in [5.41, 5.74) is 0.126. The molecule has 1 aliphatic rings. The second-order valence-electron chi connectivity index (χ2n) is 3.93. The highest BCUT2D eigenvalue weighted by Crippen LogP contribution is 2.31. The van der Waals surface area contributed by atoms with Crippen LogP contribution >= 0.6 is 0 Å². The topological polar surface area (TPSA) is 83.9 Å². The SMILES string of the molecule is COc1ccc(C(=O)O)c(N2CCCS2(=O)=O)c1. The van der Waals surface area contributed by atoms with Crippen LogP contribution in [0.15, 0.2) is 18.2 Å². The first-order valence-corrected chi connectivity index (χ1v) is 6.98. The average molecular weight is 271 g/mol. The van der Waals surface area contributed by atoms with E-state index in [1.165, 1.54) is 25.3 Å². The zero-order valence-corrected chi connectivity index (χ0v) is 10.6. The number of hydrogen-bond donors (Lipinski definition) is 1. The molecular weight excluding hydrogens is 258 g/mol. The highest BCUT2D eigenvalue weighted by molar-refractivity contribution is 7.93. The summed E-state index contributed by atoms with van der Waals surface area (Å²) in [5, 5.41) is 9.10. The molecule has 0 amide bonds. The normalized spacial score (nSPS) is 17.7. The number of ether oxygens (including phenoxy) is 1. The molecule has 0 aliphatic carbocycles. The number of aromatic carboxylic acids is 1. The Labute approximate surface area is 105 Å². The summed E-state index contributed by atoms with van der Waals surface area (Å²) >= 11 is 0. The number of carbonyl (C=O) groups is 1. The van der Waals surface area contributed by atoms with Crippen molar-refractivity contribution in [2.24, 2.45) is 0 Å². The lowest BCUT2D eigenvalue weighted by Crippen LogP contribution is -2.27. The molecule has 0 aromatic heterocycles. The lowest BCUT2D eigenvalue weighted by molar-refractivity contribution is 0.0698. The first-order valence-electron chi connectivity index (χ1n) is 5.37. The van der Waals surface area contributed by atoms with Gasteiger partial charge < -0.3 is 9.84 Å². The van der Waals surface area contributed by atoms with Crippen LogP contribution in [0.3, 0.4) is 0 Å². The van der Waals surface area contributed by atoms with Crippen LogP contribution in [-0.2, 0) is 10.0 Å². The molecule has 2 rings (SSSR count). The summed E-state index contributed by atoms with van der Waals surface area (Å²) in [5.74, 6) is -0.685. The molecule has 0 radical (unpaired) electrons. The maximum absolute atomic E-state index is 11.8. The Morgan fingerprint density at radius 3 is 2.67 bits per heavy atom. The molecule has 1 fully saturated rings. The van der Waals surface area contributed by atoms with Gasteiger partial charge in [0.15, 0.2) is 0 Å². The Balaban J connectivity index is 2.57. The van der Waals surface area contributed by atoms with Crippen LogP contribution in [0.2, 0.25) is 0 Å². The maximum atomic E-state index is 11.8. The molecule has 0 spiro atoms. The second-order valence-corrected chi connectivity index (χ2v) is 5.94. The molecule has 98 valence electrons. The van der Waals surface area contributed by atoms with Crippen LogP contribution in [0, 0.1) is 0 Å². The lowest BCUT2D eigenvalue weighted by atomic mass is 10.1. The van der Waals surface area contributed by atoms with E-state index in [1.807, 2.05) is 0 Å². The van der Waals surface area contributed by atoms with Gasteiger partial charge in [0, 0.05) is 12.6 Å². The van der Waals surface area contributed by atoms with Gasteiger partial charge in [-0.15, -0.1) is 0 Å². The third-order valence-corrected chi connectivity index (χ3v) is 4.66. The van der Waals surface area contributed by atoms with Crippen molar-refractivity contribution >= 4 is 21.7 Å². The van der Waals surface area contributed by atoms with Crippen LogP contribution in [0.5, 0.6) is 5.75 Å². The summed E-state index contributed by atoms with van der Waals surface area (Å²) < 4.78 is 29.8. The molecule has 18 heavy (non-hydrogen) atoms. The zero-order chi connectivity index (χ0) is 13.3. The first kappa shape index (κ1) is 12.7. The Morgan fingerprint density at radius 2 is 2.17 bits per heavy atom. The van der Waals surface area contributed by atoms with Crippen LogP contribution in [0.1, 0.15) is 16.8 Å². The van der Waals surface area contributed by atoms with Gasteiger partial charge in [0.1, 0.15) is 5.75 Å². The fourth-order valence-electron chi connectivity index (χ4n) is 1.94. The van der Waals surface area contributed by atoms with Gasteiger partial charge in [-0.05, 0) is 18.6 Å². The Hall–Kier alpha value is -1.76. The highest BCUT2D eigenvalue weighted by atomic mass is 32.2. The average Bonchev–Trinajstić information content (AvgIpc) is 2.67. The predicted molar refractivity (Wildman–Crippen MR) is 65.7 cm³/mol. The number of carboxylic acids is 1. The molecule has 0 atom stereocenters. The highest BCUT2D eigenvalue weighted by Gasteiger charge is 2.31. The van der Waals surface area contributed by atoms with E-state index in [-0.39, 0.29) is 17.0 Å². The van der Waals surface area contributed by atoms with Crippen molar-refractivity contribution in [1.29, 1.82) is 0 Å². The van der Waals surface area contributed by atoms with Gasteiger partial charge in [0.2, 0.25) is 10.0 Å². The number of benzene rings is 1. The number of anilines is 1. The van der Waals surface area contributed by atoms with Gasteiger partial charge >= 0.3 is 5.97 Å². The minimum absolute atomic E-state index is 0.0405. The summed E-state index contributed by atoms with van der Waals surface area (Å²) in [4.78, 5) is 11.1. The van der Waals surface area contributed by atoms with E-state index >= 15 is 0 Å². The van der Waals surface area contributed by atoms with E-state index in [9.17, 15) is 13.2 Å². The van der Waals surface area contributed by atoms with E-state index < -0.39 is 16.0 Å². The van der Waals surface area contributed by atoms with Crippen molar-refractivity contribution in [3.8, 4) is 5.75 Å². The van der Waals surface area contributed by atoms with Crippen LogP contribution in [-0.4, -0.2) is 38.9 Å². The van der Waals surface area contributed by atoms with Crippen molar-refractivity contribution in [2.75, 3.05) is 23.7 Å². The van der Waals surface area contributed by atoms with Gasteiger partial charge in [-0.3, -0.25) is 4.31 Å². The Morgan fingerprint density at radius 1 is 1.44 bits per heavy atom. The summed E-state index contributed by atoms with van der Waals surface area (Å²) in [6.45, 7) is 0.301. The van der Waals surface area contributed by atoms with E-state index in [2.05, 4.69) is 0 Å². The van der Waals surface area contributed by atoms with Gasteiger partial charge in [0.05, 0.1) is 24.1 Å². The minimum atomic E-state index is -3.41. The molecule has 0 saturated carbocycles. The van der Waals surface area contributed by atoms with Gasteiger partial charge in [-0.2, -0.15) is 0 Å². The van der Waals surface area contributed by atoms with Crippen LogP contribution in [0.4, 0.5) is 5.69 Å². The second kappa shape index (κ2) is 4.49. The third kappa shape index (κ3) is 2.13. The van der Waals surface area contributed by atoms with Gasteiger partial charge in [0.25, 0.3) is 0 Å². The quantitative estimate of drug-likeness (QED) is 0.884. The number of rotatable bonds is 3. The first-order chi connectivity index (χ1) is 8.45. The van der Waals surface area contributed by atoms with Crippen molar-refractivity contribution in [3.63, 3.8) is 0 Å². The molecular formula is C11H13NO5S. The largest absolute Gasteiger partial charge is 0.497 e. The molecule has 0 bridgehead atoms. The molecule has 1 aliphatic heterocycles. The third-order valence-electron chi connectivity index (χ3n) is 2.80. The fourth-order valence-corrected chi connectivity index (χ4v) is 3.51. The molecule has 1 N–H and O–H groups in total. The van der Waals surface area contributed by atoms with Gasteiger partial charge in [-0.1, -0.05) is 0 Å². The van der Waals surface area contributed by atoms with E-state index in [0.717, 1.165) is 4.31 Å². The molecule has 1 saturated heterocycles. The minimum Gasteiger partial charge on any atom is -0.497 e. The number of hydrogen-bond acceptors (Lipinski definition) is 4. The Kier molecular flexibility index (Phi) is 3.16. The number of nitrogens with zero attached hydrogens (tertiary/aromatic N) is 1. The van der Waals surface area contributed by atoms with E-state index in [4.69, 9.17) is 9.84 Å². The molecule has 7 heteroatoms. The van der Waals surface area contributed by atoms with E-state index in [0.29, 0.717) is 18.7 Å². The smallest absolute Gasteiger partial charge is 0.337 e. The number of methoxy groups -OCH3 is 1. The molecule has 1 aromatic carbocycles. The van der Waals surface area contributed by atoms with Gasteiger partial charge in [-0.25, -0.2) is 13.2 Å². The number of sulfonamides is 1. The van der Waals surface area contributed by atoms with Crippen LogP contribution < -0.4 is 9.04 Å². The monoisotopic (exact) mass is 271 g/mol. The van der Waals surface area contributed by atoms with Crippen molar-refractivity contribution in [1.82, 2.24) is 0 Å². The lowest BCUT2D eigenvalue weighted by Gasteiger charge is -2.19. The predicted octanol–water partition coefficient (Wildman–Crippen LogP) is 0.933. The standard InChI is InChI=1S/C11H13NO5S/c1-17-8-3-4-9(11(13)14)10(7-8)12-5-2-6-18(12,15)16/h3-4,7H,2,5-6H2,1H3,(H,13,14).